The summed E-state index contributed by atoms with van der Waals surface area (Å²) in [5.41, 5.74) is 1.01. The molecule has 2 N–H and O–H groups in total. The lowest BCUT2D eigenvalue weighted by molar-refractivity contribution is -0.150. The summed E-state index contributed by atoms with van der Waals surface area (Å²) < 4.78 is 16.6. The van der Waals surface area contributed by atoms with Crippen LogP contribution in [0.15, 0.2) is 29.6 Å². The van der Waals surface area contributed by atoms with Gasteiger partial charge in [-0.05, 0) is 68.8 Å². The van der Waals surface area contributed by atoms with Crippen molar-refractivity contribution in [3.63, 3.8) is 0 Å². The molecule has 0 saturated carbocycles. The monoisotopic (exact) mass is 800 g/mol. The van der Waals surface area contributed by atoms with E-state index in [4.69, 9.17) is 14.2 Å². The summed E-state index contributed by atoms with van der Waals surface area (Å²) in [6, 6.07) is 6.24. The molecule has 1 aromatic carbocycles. The molecule has 7 atom stereocenters. The fourth-order valence-corrected chi connectivity index (χ4v) is 8.28. The minimum atomic E-state index is -0.962. The van der Waals surface area contributed by atoms with Gasteiger partial charge < -0.3 is 29.5 Å². The first kappa shape index (κ1) is 46.5. The summed E-state index contributed by atoms with van der Waals surface area (Å²) in [5.74, 6) is -2.68. The number of carboxylic acid groups (broad SMARTS) is 1. The number of benzene rings is 1. The summed E-state index contributed by atoms with van der Waals surface area (Å²) in [5, 5.41) is 14.6. The fourth-order valence-electron chi connectivity index (χ4n) is 7.44. The molecule has 1 aromatic heterocycles. The van der Waals surface area contributed by atoms with Gasteiger partial charge in [-0.15, -0.1) is 11.3 Å². The zero-order valence-electron chi connectivity index (χ0n) is 34.7. The summed E-state index contributed by atoms with van der Waals surface area (Å²) in [7, 11) is 5.13. The Morgan fingerprint density at radius 1 is 1.05 bits per heavy atom. The van der Waals surface area contributed by atoms with Gasteiger partial charge in [0, 0.05) is 56.8 Å². The third-order valence-corrected chi connectivity index (χ3v) is 12.0. The van der Waals surface area contributed by atoms with E-state index >= 15 is 0 Å². The predicted molar refractivity (Wildman–Crippen MR) is 216 cm³/mol. The maximum absolute atomic E-state index is 14.7. The number of carbonyl (C=O) groups is 5. The van der Waals surface area contributed by atoms with Crippen LogP contribution in [-0.2, 0) is 35.1 Å². The number of esters is 1. The number of aromatic nitrogens is 1. The number of hydrogen-bond donors (Lipinski definition) is 2. The Labute approximate surface area is 336 Å². The van der Waals surface area contributed by atoms with Gasteiger partial charge in [0.05, 0.1) is 25.7 Å². The first-order valence-electron chi connectivity index (χ1n) is 19.9. The molecule has 312 valence electrons. The summed E-state index contributed by atoms with van der Waals surface area (Å²) in [4.78, 5) is 74.9. The second kappa shape index (κ2) is 22.8. The van der Waals surface area contributed by atoms with Crippen LogP contribution in [0.5, 0.6) is 5.75 Å². The highest BCUT2D eigenvalue weighted by Gasteiger charge is 2.39. The van der Waals surface area contributed by atoms with Gasteiger partial charge in [-0.3, -0.25) is 28.9 Å². The number of nitrogens with one attached hydrogen (secondary N) is 1. The first-order chi connectivity index (χ1) is 26.6. The lowest BCUT2D eigenvalue weighted by atomic mass is 9.82. The van der Waals surface area contributed by atoms with Crippen LogP contribution in [-0.4, -0.2) is 109 Å². The molecule has 13 nitrogen and oxygen atoms in total. The Morgan fingerprint density at radius 3 is 2.32 bits per heavy atom. The maximum Gasteiger partial charge on any atom is 0.306 e. The number of likely N-dealkylation sites (N-methyl/N-ethyl adjacent to an activating group) is 1. The SMILES string of the molecule is CC[C@H](C)[C@H](CC(=O)[C@H]1CCCCN1C)C(=O)N(CCOC)[C@H](C[C@@H](OC(C)=O)c1nc(C(=O)N[C@@H](Cc2ccc(OC)cc2)C[C@H](C)C(=O)O)cs1)C(C)C. The Kier molecular flexibility index (Phi) is 18.9. The molecular formula is C42H64N4O9S. The van der Waals surface area contributed by atoms with E-state index in [1.165, 1.54) is 18.3 Å². The van der Waals surface area contributed by atoms with Crippen molar-refractivity contribution in [3.8, 4) is 5.75 Å². The van der Waals surface area contributed by atoms with Crippen molar-refractivity contribution in [1.29, 1.82) is 0 Å². The van der Waals surface area contributed by atoms with Gasteiger partial charge in [-0.2, -0.15) is 0 Å². The number of carbonyl (C=O) groups excluding carboxylic acids is 4. The average Bonchev–Trinajstić information content (AvgIpc) is 3.66. The second-order valence-electron chi connectivity index (χ2n) is 15.6. The van der Waals surface area contributed by atoms with Crippen molar-refractivity contribution < 1.29 is 43.3 Å². The second-order valence-corrected chi connectivity index (χ2v) is 16.5. The fraction of sp³-hybridized carbons (Fsp3) is 0.667. The smallest absolute Gasteiger partial charge is 0.306 e. The van der Waals surface area contributed by atoms with Gasteiger partial charge in [-0.25, -0.2) is 4.98 Å². The minimum absolute atomic E-state index is 0.0467. The Bertz CT molecular complexity index is 1580. The number of Topliss-reactive ketones (excluding diaryl/α,β-unsaturated/α-hetero) is 1. The number of ketones is 1. The molecule has 0 bridgehead atoms. The van der Waals surface area contributed by atoms with Crippen molar-refractivity contribution in [2.45, 2.75) is 117 Å². The van der Waals surface area contributed by atoms with Crippen molar-refractivity contribution >= 4 is 40.9 Å². The molecule has 3 rings (SSSR count). The van der Waals surface area contributed by atoms with E-state index in [1.54, 1.807) is 31.4 Å². The molecule has 0 spiro atoms. The van der Waals surface area contributed by atoms with E-state index in [1.807, 2.05) is 59.0 Å². The first-order valence-corrected chi connectivity index (χ1v) is 20.8. The number of nitrogens with zero attached hydrogens (tertiary/aromatic N) is 3. The maximum atomic E-state index is 14.7. The van der Waals surface area contributed by atoms with Crippen LogP contribution < -0.4 is 10.1 Å². The van der Waals surface area contributed by atoms with E-state index < -0.39 is 47.9 Å². The molecule has 14 heteroatoms. The van der Waals surface area contributed by atoms with E-state index in [0.717, 1.165) is 37.8 Å². The van der Waals surface area contributed by atoms with Crippen molar-refractivity contribution in [1.82, 2.24) is 20.1 Å². The molecule has 2 amide bonds. The van der Waals surface area contributed by atoms with E-state index in [9.17, 15) is 29.1 Å². The molecule has 0 unspecified atom stereocenters. The van der Waals surface area contributed by atoms with Crippen LogP contribution in [0, 0.1) is 23.7 Å². The third kappa shape index (κ3) is 13.7. The van der Waals surface area contributed by atoms with Gasteiger partial charge in [0.2, 0.25) is 5.91 Å². The topological polar surface area (TPSA) is 165 Å². The van der Waals surface area contributed by atoms with Crippen LogP contribution in [0.1, 0.15) is 114 Å². The number of likely N-dealkylation sites (tertiary alicyclic amines) is 1. The number of thiazole rings is 1. The van der Waals surface area contributed by atoms with Gasteiger partial charge in [0.15, 0.2) is 11.9 Å². The molecule has 1 fully saturated rings. The Morgan fingerprint density at radius 2 is 1.75 bits per heavy atom. The van der Waals surface area contributed by atoms with Crippen LogP contribution in [0.4, 0.5) is 0 Å². The summed E-state index contributed by atoms with van der Waals surface area (Å²) in [6.45, 7) is 12.4. The molecule has 56 heavy (non-hydrogen) atoms. The van der Waals surface area contributed by atoms with E-state index in [-0.39, 0.29) is 67.7 Å². The number of piperidine rings is 1. The molecule has 1 saturated heterocycles. The molecular weight excluding hydrogens is 737 g/mol. The number of hydrogen-bond acceptors (Lipinski definition) is 11. The number of carboxylic acids is 1. The normalized spacial score (nSPS) is 17.9. The standard InChI is InChI=1S/C42H64N4O9S/c1-10-27(4)33(23-37(48)35-13-11-12-18-45(35)7)41(50)46(19-20-53-8)36(26(2)3)24-38(55-29(6)47)40-44-34(25-56-40)39(49)43-31(21-28(5)42(51)52)22-30-14-16-32(54-9)17-15-30/h14-17,25-28,31,33,35-36,38H,10-13,18-24H2,1-9H3,(H,43,49)(H,51,52)/t27-,28-,31+,33-,35+,36+,38+/m0/s1. The number of rotatable bonds is 23. The van der Waals surface area contributed by atoms with Crippen molar-refractivity contribution in [3.05, 3.63) is 45.9 Å². The lowest BCUT2D eigenvalue weighted by Crippen LogP contribution is -2.50. The summed E-state index contributed by atoms with van der Waals surface area (Å²) in [6.07, 6.45) is 3.65. The Hall–Kier alpha value is -3.88. The van der Waals surface area contributed by atoms with Gasteiger partial charge in [-0.1, -0.05) is 59.6 Å². The molecule has 2 aromatic rings. The lowest BCUT2D eigenvalue weighted by Gasteiger charge is -2.39. The molecule has 0 aliphatic carbocycles. The van der Waals surface area contributed by atoms with Crippen molar-refractivity contribution in [2.24, 2.45) is 23.7 Å². The van der Waals surface area contributed by atoms with Crippen LogP contribution >= 0.6 is 11.3 Å². The zero-order valence-corrected chi connectivity index (χ0v) is 35.6. The number of aliphatic carboxylic acids is 1. The Balaban J connectivity index is 1.90. The highest BCUT2D eigenvalue weighted by molar-refractivity contribution is 7.09. The van der Waals surface area contributed by atoms with Gasteiger partial charge >= 0.3 is 11.9 Å². The highest BCUT2D eigenvalue weighted by Crippen LogP contribution is 2.33. The minimum Gasteiger partial charge on any atom is -0.497 e. The number of amides is 2. The number of ether oxygens (including phenoxy) is 3. The quantitative estimate of drug-likeness (QED) is 0.123. The number of methoxy groups -OCH3 is 2. The van der Waals surface area contributed by atoms with Crippen molar-refractivity contribution in [2.75, 3.05) is 41.0 Å². The largest absolute Gasteiger partial charge is 0.497 e. The van der Waals surface area contributed by atoms with Gasteiger partial charge in [0.1, 0.15) is 16.5 Å². The van der Waals surface area contributed by atoms with Gasteiger partial charge in [0.25, 0.3) is 5.91 Å². The molecule has 1 aliphatic rings. The van der Waals surface area contributed by atoms with E-state index in [2.05, 4.69) is 15.2 Å². The third-order valence-electron chi connectivity index (χ3n) is 11.0. The molecule has 2 heterocycles. The molecule has 1 aliphatic heterocycles. The summed E-state index contributed by atoms with van der Waals surface area (Å²) >= 11 is 1.18. The average molecular weight is 801 g/mol. The van der Waals surface area contributed by atoms with Crippen LogP contribution in [0.25, 0.3) is 0 Å². The predicted octanol–water partition coefficient (Wildman–Crippen LogP) is 6.20. The van der Waals surface area contributed by atoms with Crippen LogP contribution in [0.3, 0.4) is 0 Å². The highest BCUT2D eigenvalue weighted by atomic mass is 32.1. The van der Waals surface area contributed by atoms with E-state index in [0.29, 0.717) is 17.2 Å². The van der Waals surface area contributed by atoms with Crippen LogP contribution in [0.2, 0.25) is 0 Å². The molecule has 0 radical (unpaired) electrons. The zero-order chi connectivity index (χ0) is 41.5.